The Kier molecular flexibility index (Phi) is 4.55. The molecule has 2 heterocycles. The summed E-state index contributed by atoms with van der Waals surface area (Å²) in [6.07, 6.45) is 5.79. The monoisotopic (exact) mass is 267 g/mol. The minimum atomic E-state index is -0.897. The second-order valence-corrected chi connectivity index (χ2v) is 5.06. The molecule has 0 spiro atoms. The lowest BCUT2D eigenvalue weighted by Crippen LogP contribution is -2.39. The van der Waals surface area contributed by atoms with Crippen LogP contribution >= 0.6 is 0 Å². The third-order valence-electron chi connectivity index (χ3n) is 3.67. The van der Waals surface area contributed by atoms with Crippen LogP contribution in [-0.2, 0) is 16.6 Å². The molecular formula is C13H21N3O3. The molecule has 1 fully saturated rings. The number of aliphatic carboxylic acids is 1. The van der Waals surface area contributed by atoms with Crippen molar-refractivity contribution in [1.82, 2.24) is 14.7 Å². The van der Waals surface area contributed by atoms with Gasteiger partial charge in [0.15, 0.2) is 0 Å². The Hall–Kier alpha value is -1.40. The number of aromatic nitrogens is 2. The Morgan fingerprint density at radius 2 is 2.26 bits per heavy atom. The fourth-order valence-electron chi connectivity index (χ4n) is 2.49. The zero-order valence-electron chi connectivity index (χ0n) is 11.5. The summed E-state index contributed by atoms with van der Waals surface area (Å²) in [4.78, 5) is 12.8. The summed E-state index contributed by atoms with van der Waals surface area (Å²) in [7, 11) is 1.92. The molecule has 0 saturated carbocycles. The first kappa shape index (κ1) is 14.0. The lowest BCUT2D eigenvalue weighted by Gasteiger charge is -2.35. The largest absolute Gasteiger partial charge is 0.480 e. The second-order valence-electron chi connectivity index (χ2n) is 5.06. The second kappa shape index (κ2) is 6.16. The van der Waals surface area contributed by atoms with Crippen molar-refractivity contribution < 1.29 is 14.6 Å². The number of hydrogen-bond acceptors (Lipinski definition) is 4. The van der Waals surface area contributed by atoms with Crippen molar-refractivity contribution in [1.29, 1.82) is 0 Å². The summed E-state index contributed by atoms with van der Waals surface area (Å²) in [6.45, 7) is 3.85. The van der Waals surface area contributed by atoms with E-state index in [-0.39, 0.29) is 12.7 Å². The number of ether oxygens (including phenoxy) is 1. The van der Waals surface area contributed by atoms with Crippen LogP contribution in [0.2, 0.25) is 0 Å². The summed E-state index contributed by atoms with van der Waals surface area (Å²) in [5.41, 5.74) is 1.22. The molecule has 6 heteroatoms. The van der Waals surface area contributed by atoms with Gasteiger partial charge in [-0.1, -0.05) is 0 Å². The minimum Gasteiger partial charge on any atom is -0.480 e. The molecule has 1 N–H and O–H groups in total. The summed E-state index contributed by atoms with van der Waals surface area (Å²) in [5, 5.41) is 12.8. The Bertz CT molecular complexity index is 425. The van der Waals surface area contributed by atoms with E-state index < -0.39 is 5.97 Å². The fraction of sp³-hybridized carbons (Fsp3) is 0.692. The third kappa shape index (κ3) is 3.78. The summed E-state index contributed by atoms with van der Waals surface area (Å²) >= 11 is 0. The lowest BCUT2D eigenvalue weighted by molar-refractivity contribution is -0.145. The van der Waals surface area contributed by atoms with Gasteiger partial charge in [0, 0.05) is 37.9 Å². The van der Waals surface area contributed by atoms with Crippen LogP contribution in [0.1, 0.15) is 31.4 Å². The molecule has 1 atom stereocenters. The predicted octanol–water partition coefficient (Wildman–Crippen LogP) is 1.05. The van der Waals surface area contributed by atoms with E-state index in [1.165, 1.54) is 5.56 Å². The fourth-order valence-corrected chi connectivity index (χ4v) is 2.49. The predicted molar refractivity (Wildman–Crippen MR) is 69.8 cm³/mol. The van der Waals surface area contributed by atoms with E-state index in [1.807, 2.05) is 24.1 Å². The number of carbonyl (C=O) groups is 1. The molecule has 2 rings (SSSR count). The van der Waals surface area contributed by atoms with Crippen LogP contribution in [0.15, 0.2) is 12.4 Å². The molecule has 1 saturated heterocycles. The first-order chi connectivity index (χ1) is 9.06. The molecule has 0 aromatic carbocycles. The van der Waals surface area contributed by atoms with Crippen molar-refractivity contribution in [2.45, 2.75) is 31.9 Å². The van der Waals surface area contributed by atoms with E-state index in [0.717, 1.165) is 25.9 Å². The molecule has 6 nitrogen and oxygen atoms in total. The van der Waals surface area contributed by atoms with Gasteiger partial charge in [0.2, 0.25) is 0 Å². The number of carboxylic acid groups (broad SMARTS) is 1. The number of likely N-dealkylation sites (tertiary alicyclic amines) is 1. The van der Waals surface area contributed by atoms with Gasteiger partial charge in [-0.3, -0.25) is 9.58 Å². The van der Waals surface area contributed by atoms with Gasteiger partial charge in [-0.25, -0.2) is 4.79 Å². The quantitative estimate of drug-likeness (QED) is 0.863. The van der Waals surface area contributed by atoms with E-state index in [2.05, 4.69) is 16.9 Å². The van der Waals surface area contributed by atoms with E-state index >= 15 is 0 Å². The van der Waals surface area contributed by atoms with E-state index in [9.17, 15) is 4.79 Å². The highest BCUT2D eigenvalue weighted by Gasteiger charge is 2.24. The molecule has 1 aliphatic rings. The van der Waals surface area contributed by atoms with Gasteiger partial charge >= 0.3 is 5.97 Å². The first-order valence-electron chi connectivity index (χ1n) is 6.62. The number of rotatable bonds is 5. The maximum absolute atomic E-state index is 10.5. The highest BCUT2D eigenvalue weighted by atomic mass is 16.5. The van der Waals surface area contributed by atoms with Crippen molar-refractivity contribution in [2.24, 2.45) is 7.05 Å². The maximum Gasteiger partial charge on any atom is 0.329 e. The SMILES string of the molecule is CC(c1cnn(C)c1)N1CCC(OCC(=O)O)CC1. The Balaban J connectivity index is 1.81. The van der Waals surface area contributed by atoms with E-state index in [0.29, 0.717) is 6.04 Å². The average Bonchev–Trinajstić information content (AvgIpc) is 2.83. The van der Waals surface area contributed by atoms with Gasteiger partial charge in [0.05, 0.1) is 12.3 Å². The van der Waals surface area contributed by atoms with Gasteiger partial charge in [0.25, 0.3) is 0 Å². The molecule has 106 valence electrons. The molecular weight excluding hydrogens is 246 g/mol. The van der Waals surface area contributed by atoms with Crippen molar-refractivity contribution >= 4 is 5.97 Å². The Morgan fingerprint density at radius 3 is 2.79 bits per heavy atom. The van der Waals surface area contributed by atoms with Crippen LogP contribution < -0.4 is 0 Å². The Labute approximate surface area is 113 Å². The van der Waals surface area contributed by atoms with Crippen LogP contribution in [-0.4, -0.2) is 51.6 Å². The normalized spacial score (nSPS) is 19.5. The number of carboxylic acids is 1. The van der Waals surface area contributed by atoms with E-state index in [1.54, 1.807) is 0 Å². The highest BCUT2D eigenvalue weighted by molar-refractivity contribution is 5.68. The van der Waals surface area contributed by atoms with Crippen LogP contribution in [0.25, 0.3) is 0 Å². The van der Waals surface area contributed by atoms with Gasteiger partial charge in [0.1, 0.15) is 6.61 Å². The molecule has 1 aliphatic heterocycles. The summed E-state index contributed by atoms with van der Waals surface area (Å²) in [5.74, 6) is -0.897. The van der Waals surface area contributed by atoms with Crippen LogP contribution in [0.4, 0.5) is 0 Å². The standard InChI is InChI=1S/C13H21N3O3/c1-10(11-7-14-15(2)8-11)16-5-3-12(4-6-16)19-9-13(17)18/h7-8,10,12H,3-6,9H2,1-2H3,(H,17,18). The smallest absolute Gasteiger partial charge is 0.329 e. The molecule has 1 aromatic rings. The highest BCUT2D eigenvalue weighted by Crippen LogP contribution is 2.24. The van der Waals surface area contributed by atoms with Gasteiger partial charge in [-0.15, -0.1) is 0 Å². The molecule has 1 unspecified atom stereocenters. The van der Waals surface area contributed by atoms with Gasteiger partial charge in [-0.2, -0.15) is 5.10 Å². The van der Waals surface area contributed by atoms with Crippen molar-refractivity contribution in [3.05, 3.63) is 18.0 Å². The Morgan fingerprint density at radius 1 is 1.58 bits per heavy atom. The van der Waals surface area contributed by atoms with Crippen LogP contribution in [0.3, 0.4) is 0 Å². The number of aryl methyl sites for hydroxylation is 1. The van der Waals surface area contributed by atoms with Crippen LogP contribution in [0.5, 0.6) is 0 Å². The zero-order valence-corrected chi connectivity index (χ0v) is 11.5. The first-order valence-corrected chi connectivity index (χ1v) is 6.62. The number of hydrogen-bond donors (Lipinski definition) is 1. The molecule has 0 aliphatic carbocycles. The number of nitrogens with zero attached hydrogens (tertiary/aromatic N) is 3. The summed E-state index contributed by atoms with van der Waals surface area (Å²) < 4.78 is 7.15. The molecule has 1 aromatic heterocycles. The molecule has 0 amide bonds. The molecule has 0 bridgehead atoms. The minimum absolute atomic E-state index is 0.0773. The average molecular weight is 267 g/mol. The number of piperidine rings is 1. The van der Waals surface area contributed by atoms with E-state index in [4.69, 9.17) is 9.84 Å². The summed E-state index contributed by atoms with van der Waals surface area (Å²) in [6, 6.07) is 0.342. The van der Waals surface area contributed by atoms with Gasteiger partial charge in [-0.05, 0) is 19.8 Å². The van der Waals surface area contributed by atoms with Crippen molar-refractivity contribution in [3.63, 3.8) is 0 Å². The zero-order chi connectivity index (χ0) is 13.8. The lowest BCUT2D eigenvalue weighted by atomic mass is 10.0. The molecule has 19 heavy (non-hydrogen) atoms. The third-order valence-corrected chi connectivity index (χ3v) is 3.67. The topological polar surface area (TPSA) is 67.6 Å². The van der Waals surface area contributed by atoms with Gasteiger partial charge < -0.3 is 9.84 Å². The van der Waals surface area contributed by atoms with Crippen molar-refractivity contribution in [3.8, 4) is 0 Å². The van der Waals surface area contributed by atoms with Crippen LogP contribution in [0, 0.1) is 0 Å². The maximum atomic E-state index is 10.5. The molecule has 0 radical (unpaired) electrons. The van der Waals surface area contributed by atoms with Crippen molar-refractivity contribution in [2.75, 3.05) is 19.7 Å².